The van der Waals surface area contributed by atoms with Gasteiger partial charge in [0.1, 0.15) is 5.65 Å². The van der Waals surface area contributed by atoms with E-state index in [0.717, 1.165) is 5.39 Å². The number of allylic oxidation sites excluding steroid dienone is 1. The highest BCUT2D eigenvalue weighted by Crippen LogP contribution is 2.30. The lowest BCUT2D eigenvalue weighted by atomic mass is 10.1. The number of carboxylic acid groups (broad SMARTS) is 1. The van der Waals surface area contributed by atoms with Crippen molar-refractivity contribution in [3.05, 3.63) is 47.3 Å². The summed E-state index contributed by atoms with van der Waals surface area (Å²) in [6.45, 7) is 1.22. The number of Topliss-reactive ketones (excluding diaryl/α,β-unsaturated/α-hetero) is 1. The molecule has 2 aromatic rings. The molecule has 0 fully saturated rings. The number of nitrogens with one attached hydrogen (secondary N) is 1. The van der Waals surface area contributed by atoms with E-state index in [9.17, 15) is 14.7 Å². The minimum absolute atomic E-state index is 0.0149. The molecule has 0 atom stereocenters. The Labute approximate surface area is 150 Å². The van der Waals surface area contributed by atoms with Crippen LogP contribution in [-0.4, -0.2) is 70.9 Å². The Hall–Kier alpha value is -3.13. The van der Waals surface area contributed by atoms with Crippen LogP contribution in [-0.2, 0) is 14.3 Å². The number of aliphatic carboxylic acids is 1. The molecule has 8 nitrogen and oxygen atoms in total. The van der Waals surface area contributed by atoms with Crippen molar-refractivity contribution in [2.75, 3.05) is 34.2 Å². The molecule has 0 saturated heterocycles. The van der Waals surface area contributed by atoms with Gasteiger partial charge in [-0.3, -0.25) is 4.79 Å². The van der Waals surface area contributed by atoms with Crippen molar-refractivity contribution in [2.24, 2.45) is 0 Å². The van der Waals surface area contributed by atoms with E-state index in [4.69, 9.17) is 4.74 Å². The first kappa shape index (κ1) is 17.7. The van der Waals surface area contributed by atoms with E-state index in [1.165, 1.54) is 0 Å². The summed E-state index contributed by atoms with van der Waals surface area (Å²) in [6.07, 6.45) is 4.91. The van der Waals surface area contributed by atoms with Gasteiger partial charge in [0.25, 0.3) is 0 Å². The number of likely N-dealkylation sites (N-methyl/N-ethyl adjacent to an activating group) is 2. The highest BCUT2D eigenvalue weighted by Gasteiger charge is 2.37. The first-order valence-corrected chi connectivity index (χ1v) is 8.08. The highest BCUT2D eigenvalue weighted by molar-refractivity contribution is 6.26. The Bertz CT molecular complexity index is 926. The van der Waals surface area contributed by atoms with Crippen molar-refractivity contribution >= 4 is 28.9 Å². The number of H-pyrrole nitrogens is 1. The minimum Gasteiger partial charge on any atom is -0.477 e. The lowest BCUT2D eigenvalue weighted by molar-refractivity contribution is -0.134. The molecule has 2 N–H and O–H groups in total. The lowest BCUT2D eigenvalue weighted by Gasteiger charge is -2.21. The van der Waals surface area contributed by atoms with Crippen LogP contribution in [0.1, 0.15) is 5.56 Å². The molecule has 0 spiro atoms. The Morgan fingerprint density at radius 3 is 2.81 bits per heavy atom. The van der Waals surface area contributed by atoms with E-state index in [2.05, 4.69) is 9.97 Å². The highest BCUT2D eigenvalue weighted by atomic mass is 16.5. The van der Waals surface area contributed by atoms with Crippen molar-refractivity contribution in [2.45, 2.75) is 0 Å². The van der Waals surface area contributed by atoms with Gasteiger partial charge in [-0.15, -0.1) is 0 Å². The third kappa shape index (κ3) is 3.31. The molecule has 0 aromatic carbocycles. The summed E-state index contributed by atoms with van der Waals surface area (Å²) in [5, 5.41) is 10.3. The maximum absolute atomic E-state index is 12.6. The van der Waals surface area contributed by atoms with Crippen LogP contribution in [0.2, 0.25) is 0 Å². The zero-order chi connectivity index (χ0) is 18.8. The molecule has 0 radical (unpaired) electrons. The summed E-state index contributed by atoms with van der Waals surface area (Å²) in [4.78, 5) is 35.0. The first-order chi connectivity index (χ1) is 12.4. The molecule has 0 saturated carbocycles. The summed E-state index contributed by atoms with van der Waals surface area (Å²) >= 11 is 0. The monoisotopic (exact) mass is 356 g/mol. The quantitative estimate of drug-likeness (QED) is 0.594. The molecule has 1 aliphatic heterocycles. The SMILES string of the molecule is CN(C)CCN(C)C1=C(C(=O)O)C(=O)/C(=C/c2c[nH]c3ncccc23)O1. The number of hydrogen-bond acceptors (Lipinski definition) is 6. The van der Waals surface area contributed by atoms with Gasteiger partial charge in [-0.1, -0.05) is 0 Å². The van der Waals surface area contributed by atoms with Crippen LogP contribution in [0.25, 0.3) is 17.1 Å². The van der Waals surface area contributed by atoms with Crippen LogP contribution in [0.15, 0.2) is 41.7 Å². The molecule has 3 rings (SSSR count). The van der Waals surface area contributed by atoms with Gasteiger partial charge in [-0.05, 0) is 32.3 Å². The summed E-state index contributed by atoms with van der Waals surface area (Å²) in [5.74, 6) is -1.89. The summed E-state index contributed by atoms with van der Waals surface area (Å²) < 4.78 is 5.65. The smallest absolute Gasteiger partial charge is 0.345 e. The number of nitrogens with zero attached hydrogens (tertiary/aromatic N) is 3. The fourth-order valence-electron chi connectivity index (χ4n) is 2.66. The standard InChI is InChI=1S/C18H20N4O4/c1-21(2)7-8-22(3)17-14(18(24)25)15(23)13(26-17)9-11-10-20-16-12(11)5-4-6-19-16/h4-6,9-10H,7-8H2,1-3H3,(H,19,20)(H,24,25)/b13-9-. The average Bonchev–Trinajstić information content (AvgIpc) is 3.15. The third-order valence-corrected chi connectivity index (χ3v) is 4.08. The van der Waals surface area contributed by atoms with Gasteiger partial charge in [-0.2, -0.15) is 0 Å². The fourth-order valence-corrected chi connectivity index (χ4v) is 2.66. The van der Waals surface area contributed by atoms with Crippen LogP contribution >= 0.6 is 0 Å². The van der Waals surface area contributed by atoms with Crippen molar-refractivity contribution in [3.63, 3.8) is 0 Å². The van der Waals surface area contributed by atoms with Crippen LogP contribution in [0.4, 0.5) is 0 Å². The van der Waals surface area contributed by atoms with Crippen molar-refractivity contribution in [3.8, 4) is 0 Å². The van der Waals surface area contributed by atoms with Crippen molar-refractivity contribution in [1.29, 1.82) is 0 Å². The largest absolute Gasteiger partial charge is 0.477 e. The predicted molar refractivity (Wildman–Crippen MR) is 96.0 cm³/mol. The molecular formula is C18H20N4O4. The van der Waals surface area contributed by atoms with Gasteiger partial charge in [0.15, 0.2) is 11.3 Å². The topological polar surface area (TPSA) is 98.8 Å². The number of carbonyl (C=O) groups is 2. The van der Waals surface area contributed by atoms with Crippen molar-refractivity contribution < 1.29 is 19.4 Å². The van der Waals surface area contributed by atoms with E-state index >= 15 is 0 Å². The van der Waals surface area contributed by atoms with Gasteiger partial charge < -0.3 is 24.6 Å². The molecule has 26 heavy (non-hydrogen) atoms. The first-order valence-electron chi connectivity index (χ1n) is 8.08. The number of rotatable bonds is 6. The lowest BCUT2D eigenvalue weighted by Crippen LogP contribution is -2.29. The molecule has 2 aromatic heterocycles. The number of ketones is 1. The summed E-state index contributed by atoms with van der Waals surface area (Å²) in [7, 11) is 5.53. The molecule has 0 aliphatic carbocycles. The van der Waals surface area contributed by atoms with Gasteiger partial charge in [-0.25, -0.2) is 9.78 Å². The molecule has 0 unspecified atom stereocenters. The number of carbonyl (C=O) groups excluding carboxylic acids is 1. The molecule has 1 aliphatic rings. The molecule has 0 amide bonds. The van der Waals surface area contributed by atoms with Crippen molar-refractivity contribution in [1.82, 2.24) is 19.8 Å². The second kappa shape index (κ2) is 7.01. The number of pyridine rings is 1. The van der Waals surface area contributed by atoms with Gasteiger partial charge in [0, 0.05) is 43.5 Å². The number of aromatic amines is 1. The Balaban J connectivity index is 1.92. The summed E-state index contributed by atoms with van der Waals surface area (Å²) in [5.41, 5.74) is 1.04. The molecule has 0 bridgehead atoms. The maximum Gasteiger partial charge on any atom is 0.345 e. The van der Waals surface area contributed by atoms with Gasteiger partial charge in [0.2, 0.25) is 11.7 Å². The zero-order valence-corrected chi connectivity index (χ0v) is 14.8. The van der Waals surface area contributed by atoms with Gasteiger partial charge >= 0.3 is 5.97 Å². The molecule has 3 heterocycles. The number of fused-ring (bicyclic) bond motifs is 1. The number of aromatic nitrogens is 2. The Morgan fingerprint density at radius 1 is 1.35 bits per heavy atom. The van der Waals surface area contributed by atoms with E-state index in [1.54, 1.807) is 36.5 Å². The van der Waals surface area contributed by atoms with Crippen LogP contribution in [0.3, 0.4) is 0 Å². The molecule has 8 heteroatoms. The second-order valence-corrected chi connectivity index (χ2v) is 6.29. The fraction of sp³-hybridized carbons (Fsp3) is 0.278. The maximum atomic E-state index is 12.6. The average molecular weight is 356 g/mol. The van der Waals surface area contributed by atoms with Crippen LogP contribution < -0.4 is 0 Å². The molecular weight excluding hydrogens is 336 g/mol. The number of ether oxygens (including phenoxy) is 1. The van der Waals surface area contributed by atoms with E-state index in [0.29, 0.717) is 24.3 Å². The van der Waals surface area contributed by atoms with Crippen LogP contribution in [0.5, 0.6) is 0 Å². The number of carboxylic acids is 1. The third-order valence-electron chi connectivity index (χ3n) is 4.08. The summed E-state index contributed by atoms with van der Waals surface area (Å²) in [6, 6.07) is 3.65. The van der Waals surface area contributed by atoms with E-state index in [1.807, 2.05) is 25.1 Å². The van der Waals surface area contributed by atoms with E-state index in [-0.39, 0.29) is 17.2 Å². The zero-order valence-electron chi connectivity index (χ0n) is 14.8. The van der Waals surface area contributed by atoms with E-state index < -0.39 is 11.8 Å². The predicted octanol–water partition coefficient (Wildman–Crippen LogP) is 1.29. The minimum atomic E-state index is -1.30. The Morgan fingerprint density at radius 2 is 2.12 bits per heavy atom. The Kier molecular flexibility index (Phi) is 4.77. The normalized spacial score (nSPS) is 16.0. The second-order valence-electron chi connectivity index (χ2n) is 6.29. The molecule has 136 valence electrons. The van der Waals surface area contributed by atoms with Crippen LogP contribution in [0, 0.1) is 0 Å². The van der Waals surface area contributed by atoms with Gasteiger partial charge in [0.05, 0.1) is 0 Å². The number of hydrogen-bond donors (Lipinski definition) is 2.